The molecule has 2 atom stereocenters. The van der Waals surface area contributed by atoms with Crippen LogP contribution in [-0.2, 0) is 14.9 Å². The van der Waals surface area contributed by atoms with Gasteiger partial charge in [0.25, 0.3) is 0 Å². The number of hydroxylamine groups is 2. The van der Waals surface area contributed by atoms with Gasteiger partial charge in [0.1, 0.15) is 5.25 Å². The maximum Gasteiger partial charge on any atom is 0.219 e. The predicted octanol–water partition coefficient (Wildman–Crippen LogP) is 3.53. The van der Waals surface area contributed by atoms with Crippen LogP contribution in [0.4, 0.5) is 0 Å². The molecule has 2 aliphatic rings. The Bertz CT molecular complexity index is 693. The Balaban J connectivity index is 1.85. The Morgan fingerprint density at radius 2 is 1.92 bits per heavy atom. The van der Waals surface area contributed by atoms with Gasteiger partial charge < -0.3 is 0 Å². The average molecular weight is 393 g/mol. The Hall–Kier alpha value is -0.370. The summed E-state index contributed by atoms with van der Waals surface area (Å²) in [4.78, 5) is 5.52. The van der Waals surface area contributed by atoms with Gasteiger partial charge in [0.15, 0.2) is 0 Å². The Kier molecular flexibility index (Phi) is 5.74. The van der Waals surface area contributed by atoms with Crippen molar-refractivity contribution in [2.45, 2.75) is 49.4 Å². The van der Waals surface area contributed by atoms with E-state index in [1.807, 2.05) is 0 Å². The Morgan fingerprint density at radius 3 is 2.58 bits per heavy atom. The number of benzene rings is 1. The van der Waals surface area contributed by atoms with Crippen molar-refractivity contribution in [2.75, 3.05) is 13.7 Å². The SMILES string of the molecule is CN1OCC(S(=O)(=O)NC2CCCCC2)C1c1ccc(Cl)cc1Cl. The number of nitrogens with zero attached hydrogens (tertiary/aromatic N) is 1. The van der Waals surface area contributed by atoms with E-state index in [1.54, 1.807) is 30.3 Å². The molecule has 0 amide bonds. The molecule has 134 valence electrons. The predicted molar refractivity (Wildman–Crippen MR) is 95.6 cm³/mol. The van der Waals surface area contributed by atoms with Crippen LogP contribution in [0.3, 0.4) is 0 Å². The molecule has 3 rings (SSSR count). The van der Waals surface area contributed by atoms with E-state index in [-0.39, 0.29) is 12.6 Å². The summed E-state index contributed by atoms with van der Waals surface area (Å²) < 4.78 is 28.7. The first-order valence-electron chi connectivity index (χ1n) is 8.20. The zero-order chi connectivity index (χ0) is 17.3. The summed E-state index contributed by atoms with van der Waals surface area (Å²) in [5.74, 6) is 0. The van der Waals surface area contributed by atoms with E-state index in [0.29, 0.717) is 15.6 Å². The van der Waals surface area contributed by atoms with Gasteiger partial charge in [-0.25, -0.2) is 13.1 Å². The van der Waals surface area contributed by atoms with Crippen LogP contribution in [-0.4, -0.2) is 38.4 Å². The zero-order valence-corrected chi connectivity index (χ0v) is 15.9. The summed E-state index contributed by atoms with van der Waals surface area (Å²) >= 11 is 12.3. The molecule has 1 saturated heterocycles. The van der Waals surface area contributed by atoms with Crippen molar-refractivity contribution in [2.24, 2.45) is 0 Å². The lowest BCUT2D eigenvalue weighted by Gasteiger charge is -2.27. The molecule has 0 bridgehead atoms. The van der Waals surface area contributed by atoms with Crippen LogP contribution in [0.25, 0.3) is 0 Å². The van der Waals surface area contributed by atoms with Gasteiger partial charge in [-0.3, -0.25) is 4.84 Å². The fourth-order valence-electron chi connectivity index (χ4n) is 3.53. The van der Waals surface area contributed by atoms with Gasteiger partial charge >= 0.3 is 0 Å². The van der Waals surface area contributed by atoms with Gasteiger partial charge in [-0.2, -0.15) is 5.06 Å². The summed E-state index contributed by atoms with van der Waals surface area (Å²) in [5.41, 5.74) is 0.708. The Morgan fingerprint density at radius 1 is 1.21 bits per heavy atom. The molecule has 5 nitrogen and oxygen atoms in total. The first-order chi connectivity index (χ1) is 11.4. The van der Waals surface area contributed by atoms with Gasteiger partial charge in [-0.1, -0.05) is 48.5 Å². The second kappa shape index (κ2) is 7.48. The van der Waals surface area contributed by atoms with Crippen LogP contribution in [0.2, 0.25) is 10.0 Å². The van der Waals surface area contributed by atoms with Gasteiger partial charge in [-0.05, 0) is 30.5 Å². The summed E-state index contributed by atoms with van der Waals surface area (Å²) in [6.45, 7) is 0.113. The largest absolute Gasteiger partial charge is 0.297 e. The summed E-state index contributed by atoms with van der Waals surface area (Å²) in [5, 5.41) is 1.83. The first-order valence-corrected chi connectivity index (χ1v) is 10.5. The molecule has 0 radical (unpaired) electrons. The van der Waals surface area contributed by atoms with Crippen LogP contribution in [0.15, 0.2) is 18.2 Å². The van der Waals surface area contributed by atoms with Crippen molar-refractivity contribution < 1.29 is 13.3 Å². The molecule has 24 heavy (non-hydrogen) atoms. The maximum absolute atomic E-state index is 12.9. The van der Waals surface area contributed by atoms with Crippen LogP contribution < -0.4 is 4.72 Å². The first kappa shape index (κ1) is 18.4. The highest BCUT2D eigenvalue weighted by molar-refractivity contribution is 7.90. The molecule has 0 spiro atoms. The molecule has 1 aromatic carbocycles. The average Bonchev–Trinajstić information content (AvgIpc) is 2.90. The standard InChI is InChI=1S/C16H22Cl2N2O3S/c1-20-16(13-8-7-11(17)9-14(13)18)15(10-23-20)24(21,22)19-12-5-3-2-4-6-12/h7-9,12,15-16,19H,2-6,10H2,1H3. The molecule has 1 aliphatic heterocycles. The van der Waals surface area contributed by atoms with Crippen LogP contribution in [0.1, 0.15) is 43.7 Å². The molecule has 1 aliphatic carbocycles. The highest BCUT2D eigenvalue weighted by atomic mass is 35.5. The third kappa shape index (κ3) is 3.89. The topological polar surface area (TPSA) is 58.6 Å². The van der Waals surface area contributed by atoms with Crippen LogP contribution >= 0.6 is 23.2 Å². The van der Waals surface area contributed by atoms with Crippen LogP contribution in [0, 0.1) is 0 Å². The van der Waals surface area contributed by atoms with Crippen molar-refractivity contribution in [3.05, 3.63) is 33.8 Å². The van der Waals surface area contributed by atoms with E-state index in [9.17, 15) is 8.42 Å². The van der Waals surface area contributed by atoms with Gasteiger partial charge in [-0.15, -0.1) is 0 Å². The van der Waals surface area contributed by atoms with E-state index < -0.39 is 21.3 Å². The number of sulfonamides is 1. The number of nitrogens with one attached hydrogen (secondary N) is 1. The van der Waals surface area contributed by atoms with Crippen molar-refractivity contribution in [1.29, 1.82) is 0 Å². The normalized spacial score (nSPS) is 26.8. The molecular weight excluding hydrogens is 371 g/mol. The van der Waals surface area contributed by atoms with E-state index in [0.717, 1.165) is 25.7 Å². The molecule has 2 unspecified atom stereocenters. The molecule has 1 heterocycles. The second-order valence-corrected chi connectivity index (χ2v) is 9.26. The van der Waals surface area contributed by atoms with Crippen LogP contribution in [0.5, 0.6) is 0 Å². The molecule has 8 heteroatoms. The molecular formula is C16H22Cl2N2O3S. The molecule has 1 aromatic rings. The van der Waals surface area contributed by atoms with E-state index in [1.165, 1.54) is 6.42 Å². The highest BCUT2D eigenvalue weighted by Gasteiger charge is 2.44. The van der Waals surface area contributed by atoms with Gasteiger partial charge in [0.2, 0.25) is 10.0 Å². The van der Waals surface area contributed by atoms with E-state index in [4.69, 9.17) is 28.0 Å². The number of hydrogen-bond acceptors (Lipinski definition) is 4. The minimum Gasteiger partial charge on any atom is -0.297 e. The van der Waals surface area contributed by atoms with E-state index >= 15 is 0 Å². The quantitative estimate of drug-likeness (QED) is 0.850. The summed E-state index contributed by atoms with van der Waals surface area (Å²) in [7, 11) is -1.80. The molecule has 0 aromatic heterocycles. The smallest absolute Gasteiger partial charge is 0.219 e. The van der Waals surface area contributed by atoms with Crippen molar-refractivity contribution >= 4 is 33.2 Å². The van der Waals surface area contributed by atoms with E-state index in [2.05, 4.69) is 4.72 Å². The number of hydrogen-bond donors (Lipinski definition) is 1. The zero-order valence-electron chi connectivity index (χ0n) is 13.5. The van der Waals surface area contributed by atoms with Gasteiger partial charge in [0, 0.05) is 23.1 Å². The summed E-state index contributed by atoms with van der Waals surface area (Å²) in [6, 6.07) is 4.67. The fraction of sp³-hybridized carbons (Fsp3) is 0.625. The lowest BCUT2D eigenvalue weighted by molar-refractivity contribution is -0.110. The fourth-order valence-corrected chi connectivity index (χ4v) is 5.83. The number of rotatable bonds is 4. The van der Waals surface area contributed by atoms with Crippen molar-refractivity contribution in [1.82, 2.24) is 9.79 Å². The third-order valence-corrected chi connectivity index (χ3v) is 7.22. The van der Waals surface area contributed by atoms with Crippen molar-refractivity contribution in [3.8, 4) is 0 Å². The minimum absolute atomic E-state index is 0.0241. The summed E-state index contributed by atoms with van der Waals surface area (Å²) in [6.07, 6.45) is 5.11. The Labute approximate surface area is 153 Å². The van der Waals surface area contributed by atoms with Gasteiger partial charge in [0.05, 0.1) is 12.6 Å². The lowest BCUT2D eigenvalue weighted by Crippen LogP contribution is -2.44. The molecule has 1 N–H and O–H groups in total. The van der Waals surface area contributed by atoms with Crippen molar-refractivity contribution in [3.63, 3.8) is 0 Å². The third-order valence-electron chi connectivity index (χ3n) is 4.80. The number of halogens is 2. The molecule has 1 saturated carbocycles. The highest BCUT2D eigenvalue weighted by Crippen LogP contribution is 2.38. The lowest BCUT2D eigenvalue weighted by atomic mass is 9.96. The second-order valence-electron chi connectivity index (χ2n) is 6.49. The minimum atomic E-state index is -3.53. The molecule has 2 fully saturated rings. The monoisotopic (exact) mass is 392 g/mol. The maximum atomic E-state index is 12.9.